The first-order chi connectivity index (χ1) is 16.9. The van der Waals surface area contributed by atoms with Crippen molar-refractivity contribution in [2.24, 2.45) is 0 Å². The molecule has 1 unspecified atom stereocenters. The highest BCUT2D eigenvalue weighted by molar-refractivity contribution is 5.82. The normalized spacial score (nSPS) is 12.0. The van der Waals surface area contributed by atoms with Gasteiger partial charge >= 0.3 is 0 Å². The molecule has 0 saturated carbocycles. The van der Waals surface area contributed by atoms with Crippen molar-refractivity contribution in [3.05, 3.63) is 102 Å². The van der Waals surface area contributed by atoms with E-state index in [0.29, 0.717) is 18.8 Å². The van der Waals surface area contributed by atoms with Gasteiger partial charge < -0.3 is 14.8 Å². The summed E-state index contributed by atoms with van der Waals surface area (Å²) in [5.74, 6) is 0.599. The van der Waals surface area contributed by atoms with Gasteiger partial charge in [-0.2, -0.15) is 0 Å². The Kier molecular flexibility index (Phi) is 7.60. The van der Waals surface area contributed by atoms with Gasteiger partial charge in [0.15, 0.2) is 0 Å². The van der Waals surface area contributed by atoms with Gasteiger partial charge in [-0.05, 0) is 44.0 Å². The molecule has 0 radical (unpaired) electrons. The van der Waals surface area contributed by atoms with Gasteiger partial charge in [0.25, 0.3) is 0 Å². The maximum atomic E-state index is 13.5. The number of nitrogens with one attached hydrogen (secondary N) is 1. The Bertz CT molecular complexity index is 1280. The molecule has 4 rings (SSSR count). The molecule has 6 nitrogen and oxygen atoms in total. The van der Waals surface area contributed by atoms with Crippen LogP contribution < -0.4 is 5.32 Å². The van der Waals surface area contributed by atoms with Crippen LogP contribution in [0.15, 0.2) is 84.9 Å². The number of hydrogen-bond donors (Lipinski definition) is 1. The molecule has 1 aromatic heterocycles. The van der Waals surface area contributed by atoms with E-state index >= 15 is 0 Å². The van der Waals surface area contributed by atoms with Gasteiger partial charge in [-0.15, -0.1) is 0 Å². The number of hydrogen-bond acceptors (Lipinski definition) is 3. The Morgan fingerprint density at radius 1 is 0.857 bits per heavy atom. The van der Waals surface area contributed by atoms with Crippen molar-refractivity contribution in [2.45, 2.75) is 52.4 Å². The lowest BCUT2D eigenvalue weighted by atomic mass is 10.1. The van der Waals surface area contributed by atoms with Crippen LogP contribution >= 0.6 is 0 Å². The van der Waals surface area contributed by atoms with Gasteiger partial charge in [-0.1, -0.05) is 72.8 Å². The minimum absolute atomic E-state index is 0.0102. The van der Waals surface area contributed by atoms with Crippen LogP contribution in [0.5, 0.6) is 0 Å². The number of benzene rings is 3. The molecule has 180 valence electrons. The summed E-state index contributed by atoms with van der Waals surface area (Å²) in [4.78, 5) is 32.9. The third-order valence-electron chi connectivity index (χ3n) is 6.09. The molecule has 0 saturated heterocycles. The Labute approximate surface area is 206 Å². The maximum absolute atomic E-state index is 13.5. The monoisotopic (exact) mass is 468 g/mol. The van der Waals surface area contributed by atoms with Gasteiger partial charge in [-0.25, -0.2) is 4.98 Å². The van der Waals surface area contributed by atoms with Crippen LogP contribution in [0, 0.1) is 0 Å². The predicted octanol–water partition coefficient (Wildman–Crippen LogP) is 4.89. The van der Waals surface area contributed by atoms with E-state index in [4.69, 9.17) is 4.98 Å². The Balaban J connectivity index is 1.57. The zero-order valence-corrected chi connectivity index (χ0v) is 20.5. The van der Waals surface area contributed by atoms with Crippen molar-refractivity contribution < 1.29 is 9.59 Å². The number of imidazole rings is 1. The molecule has 0 bridgehead atoms. The number of para-hydroxylation sites is 2. The fourth-order valence-electron chi connectivity index (χ4n) is 4.29. The molecule has 2 amide bonds. The Morgan fingerprint density at radius 3 is 2.11 bits per heavy atom. The molecule has 0 aliphatic heterocycles. The summed E-state index contributed by atoms with van der Waals surface area (Å²) in [5.41, 5.74) is 3.73. The standard InChI is InChI=1S/C29H32N4O2/c1-21(2)32(19-24-14-8-5-9-15-24)28(35)20-33-26-17-11-10-16-25(26)31-29(33)22(3)30-27(34)18-23-12-6-4-7-13-23/h4-17,21-22H,18-20H2,1-3H3,(H,30,34). The smallest absolute Gasteiger partial charge is 0.243 e. The molecule has 4 aromatic rings. The van der Waals surface area contributed by atoms with E-state index in [-0.39, 0.29) is 30.4 Å². The highest BCUT2D eigenvalue weighted by atomic mass is 16.2. The second-order valence-corrected chi connectivity index (χ2v) is 9.10. The number of fused-ring (bicyclic) bond motifs is 1. The molecule has 0 aliphatic rings. The quantitative estimate of drug-likeness (QED) is 0.380. The lowest BCUT2D eigenvalue weighted by molar-refractivity contribution is -0.134. The summed E-state index contributed by atoms with van der Waals surface area (Å²) in [6.07, 6.45) is 0.294. The van der Waals surface area contributed by atoms with Crippen LogP contribution in [-0.2, 0) is 29.1 Å². The largest absolute Gasteiger partial charge is 0.346 e. The topological polar surface area (TPSA) is 67.2 Å². The fraction of sp³-hybridized carbons (Fsp3) is 0.276. The van der Waals surface area contributed by atoms with E-state index in [9.17, 15) is 9.59 Å². The van der Waals surface area contributed by atoms with Gasteiger partial charge in [0.1, 0.15) is 12.4 Å². The molecule has 6 heteroatoms. The summed E-state index contributed by atoms with van der Waals surface area (Å²) < 4.78 is 1.94. The van der Waals surface area contributed by atoms with E-state index in [1.54, 1.807) is 0 Å². The van der Waals surface area contributed by atoms with Gasteiger partial charge in [0, 0.05) is 12.6 Å². The van der Waals surface area contributed by atoms with Crippen LogP contribution in [0.25, 0.3) is 11.0 Å². The van der Waals surface area contributed by atoms with Crippen LogP contribution in [0.1, 0.15) is 43.8 Å². The average Bonchev–Trinajstić information content (AvgIpc) is 3.22. The number of aromatic nitrogens is 2. The van der Waals surface area contributed by atoms with Crippen LogP contribution in [-0.4, -0.2) is 32.3 Å². The fourth-order valence-corrected chi connectivity index (χ4v) is 4.29. The van der Waals surface area contributed by atoms with E-state index in [1.807, 2.05) is 115 Å². The molecule has 3 aromatic carbocycles. The lowest BCUT2D eigenvalue weighted by Gasteiger charge is -2.28. The summed E-state index contributed by atoms with van der Waals surface area (Å²) >= 11 is 0. The summed E-state index contributed by atoms with van der Waals surface area (Å²) in [5, 5.41) is 3.06. The SMILES string of the molecule is CC(NC(=O)Cc1ccccc1)c1nc2ccccc2n1CC(=O)N(Cc1ccccc1)C(C)C. The summed E-state index contributed by atoms with van der Waals surface area (Å²) in [6.45, 7) is 6.66. The first kappa shape index (κ1) is 24.2. The van der Waals surface area contributed by atoms with Crippen molar-refractivity contribution in [3.8, 4) is 0 Å². The molecule has 0 fully saturated rings. The third kappa shape index (κ3) is 5.96. The first-order valence-corrected chi connectivity index (χ1v) is 12.0. The Hall–Kier alpha value is -3.93. The molecule has 1 atom stereocenters. The number of carbonyl (C=O) groups excluding carboxylic acids is 2. The van der Waals surface area contributed by atoms with Crippen molar-refractivity contribution in [1.29, 1.82) is 0 Å². The second kappa shape index (κ2) is 11.0. The molecule has 35 heavy (non-hydrogen) atoms. The number of nitrogens with zero attached hydrogens (tertiary/aromatic N) is 3. The summed E-state index contributed by atoms with van der Waals surface area (Å²) in [6, 6.07) is 27.1. The van der Waals surface area contributed by atoms with Crippen molar-refractivity contribution in [1.82, 2.24) is 19.8 Å². The number of amides is 2. The minimum Gasteiger partial charge on any atom is -0.346 e. The molecular weight excluding hydrogens is 436 g/mol. The first-order valence-electron chi connectivity index (χ1n) is 12.0. The third-order valence-corrected chi connectivity index (χ3v) is 6.09. The summed E-state index contributed by atoms with van der Waals surface area (Å²) in [7, 11) is 0. The molecular formula is C29H32N4O2. The number of carbonyl (C=O) groups is 2. The van der Waals surface area contributed by atoms with E-state index in [1.165, 1.54) is 0 Å². The molecule has 0 spiro atoms. The van der Waals surface area contributed by atoms with Gasteiger partial charge in [0.2, 0.25) is 11.8 Å². The van der Waals surface area contributed by atoms with Gasteiger partial charge in [-0.3, -0.25) is 9.59 Å². The highest BCUT2D eigenvalue weighted by Crippen LogP contribution is 2.22. The van der Waals surface area contributed by atoms with E-state index in [0.717, 1.165) is 22.2 Å². The zero-order valence-electron chi connectivity index (χ0n) is 20.5. The Morgan fingerprint density at radius 2 is 1.46 bits per heavy atom. The molecule has 1 heterocycles. The number of rotatable bonds is 9. The van der Waals surface area contributed by atoms with Crippen LogP contribution in [0.3, 0.4) is 0 Å². The predicted molar refractivity (Wildman–Crippen MR) is 139 cm³/mol. The van der Waals surface area contributed by atoms with E-state index < -0.39 is 0 Å². The zero-order chi connectivity index (χ0) is 24.8. The van der Waals surface area contributed by atoms with Crippen LogP contribution in [0.4, 0.5) is 0 Å². The second-order valence-electron chi connectivity index (χ2n) is 9.10. The van der Waals surface area contributed by atoms with Crippen LogP contribution in [0.2, 0.25) is 0 Å². The maximum Gasteiger partial charge on any atom is 0.243 e. The van der Waals surface area contributed by atoms with Crippen molar-refractivity contribution >= 4 is 22.8 Å². The molecule has 0 aliphatic carbocycles. The highest BCUT2D eigenvalue weighted by Gasteiger charge is 2.23. The van der Waals surface area contributed by atoms with Gasteiger partial charge in [0.05, 0.1) is 23.5 Å². The van der Waals surface area contributed by atoms with E-state index in [2.05, 4.69) is 5.32 Å². The minimum atomic E-state index is -0.354. The molecule has 1 N–H and O–H groups in total. The van der Waals surface area contributed by atoms with Crippen molar-refractivity contribution in [2.75, 3.05) is 0 Å². The lowest BCUT2D eigenvalue weighted by Crippen LogP contribution is -2.39. The average molecular weight is 469 g/mol. The van der Waals surface area contributed by atoms with Crippen molar-refractivity contribution in [3.63, 3.8) is 0 Å².